The number of benzene rings is 2. The van der Waals surface area contributed by atoms with Gasteiger partial charge in [-0.3, -0.25) is 9.59 Å². The zero-order valence-corrected chi connectivity index (χ0v) is 16.9. The summed E-state index contributed by atoms with van der Waals surface area (Å²) in [5.74, 6) is 0.848. The van der Waals surface area contributed by atoms with Crippen molar-refractivity contribution in [3.8, 4) is 5.75 Å². The molecule has 0 atom stereocenters. The lowest BCUT2D eigenvalue weighted by molar-refractivity contribution is -0.114. The highest BCUT2D eigenvalue weighted by Crippen LogP contribution is 2.18. The fourth-order valence-corrected chi connectivity index (χ4v) is 2.43. The molecule has 0 saturated carbocycles. The van der Waals surface area contributed by atoms with Gasteiger partial charge in [0.25, 0.3) is 5.91 Å². The number of ether oxygens (including phenoxy) is 1. The van der Waals surface area contributed by atoms with Crippen LogP contribution in [0.1, 0.15) is 38.1 Å². The second-order valence-corrected chi connectivity index (χ2v) is 7.34. The van der Waals surface area contributed by atoms with E-state index in [0.29, 0.717) is 23.8 Å². The third-order valence-electron chi connectivity index (χ3n) is 3.70. The summed E-state index contributed by atoms with van der Waals surface area (Å²) < 4.78 is 5.70. The number of hydrogen-bond donors (Lipinski definition) is 3. The quantitative estimate of drug-likeness (QED) is 0.613. The number of carbonyl (C=O) groups is 2. The molecule has 0 radical (unpaired) electrons. The van der Waals surface area contributed by atoms with Crippen molar-refractivity contribution in [3.05, 3.63) is 54.1 Å². The van der Waals surface area contributed by atoms with Gasteiger partial charge in [-0.15, -0.1) is 0 Å². The fourth-order valence-electron chi connectivity index (χ4n) is 2.43. The molecule has 3 N–H and O–H groups in total. The van der Waals surface area contributed by atoms with Gasteiger partial charge in [0.2, 0.25) is 5.91 Å². The van der Waals surface area contributed by atoms with Crippen LogP contribution >= 0.6 is 0 Å². The standard InChI is InChI=1S/C22H29N3O3/c1-15(2)14-28-20-10-6-8-18(12-20)23-13-21(26)25-19-9-5-7-17(11-19)22(27)24-16(3)4/h5-12,15-16,23H,13-14H2,1-4H3,(H,24,27)(H,25,26). The van der Waals surface area contributed by atoms with Crippen LogP contribution in [0.4, 0.5) is 11.4 Å². The molecule has 0 heterocycles. The molecule has 0 bridgehead atoms. The van der Waals surface area contributed by atoms with Crippen LogP contribution in [-0.4, -0.2) is 31.0 Å². The van der Waals surface area contributed by atoms with Crippen LogP contribution in [0.3, 0.4) is 0 Å². The van der Waals surface area contributed by atoms with Crippen molar-refractivity contribution >= 4 is 23.2 Å². The Labute approximate surface area is 166 Å². The van der Waals surface area contributed by atoms with Gasteiger partial charge in [0.1, 0.15) is 5.75 Å². The Morgan fingerprint density at radius 1 is 0.964 bits per heavy atom. The molecule has 0 aliphatic carbocycles. The molecule has 0 spiro atoms. The average molecular weight is 383 g/mol. The van der Waals surface area contributed by atoms with E-state index in [9.17, 15) is 9.59 Å². The molecule has 2 amide bonds. The largest absolute Gasteiger partial charge is 0.493 e. The molecule has 0 saturated heterocycles. The topological polar surface area (TPSA) is 79.5 Å². The lowest BCUT2D eigenvalue weighted by atomic mass is 10.1. The molecule has 0 aromatic heterocycles. The van der Waals surface area contributed by atoms with Crippen molar-refractivity contribution in [2.45, 2.75) is 33.7 Å². The van der Waals surface area contributed by atoms with E-state index < -0.39 is 0 Å². The molecule has 6 nitrogen and oxygen atoms in total. The summed E-state index contributed by atoms with van der Waals surface area (Å²) in [7, 11) is 0. The summed E-state index contributed by atoms with van der Waals surface area (Å²) in [5.41, 5.74) is 1.90. The summed E-state index contributed by atoms with van der Waals surface area (Å²) in [6.07, 6.45) is 0. The number of anilines is 2. The van der Waals surface area contributed by atoms with Crippen molar-refractivity contribution in [2.75, 3.05) is 23.8 Å². The first-order chi connectivity index (χ1) is 13.3. The number of hydrogen-bond acceptors (Lipinski definition) is 4. The Morgan fingerprint density at radius 2 is 1.68 bits per heavy atom. The van der Waals surface area contributed by atoms with Crippen LogP contribution in [0.15, 0.2) is 48.5 Å². The van der Waals surface area contributed by atoms with Crippen molar-refractivity contribution in [2.24, 2.45) is 5.92 Å². The van der Waals surface area contributed by atoms with Crippen molar-refractivity contribution in [1.82, 2.24) is 5.32 Å². The molecule has 28 heavy (non-hydrogen) atoms. The first-order valence-electron chi connectivity index (χ1n) is 9.51. The number of carbonyl (C=O) groups excluding carboxylic acids is 2. The second kappa shape index (κ2) is 10.3. The minimum absolute atomic E-state index is 0.0511. The first kappa shape index (κ1) is 21.3. The summed E-state index contributed by atoms with van der Waals surface area (Å²) >= 11 is 0. The normalized spacial score (nSPS) is 10.6. The lowest BCUT2D eigenvalue weighted by Crippen LogP contribution is -2.30. The van der Waals surface area contributed by atoms with Gasteiger partial charge < -0.3 is 20.7 Å². The SMILES string of the molecule is CC(C)COc1cccc(NCC(=O)Nc2cccc(C(=O)NC(C)C)c2)c1. The Balaban J connectivity index is 1.89. The first-order valence-corrected chi connectivity index (χ1v) is 9.51. The van der Waals surface area contributed by atoms with Crippen LogP contribution in [0.25, 0.3) is 0 Å². The van der Waals surface area contributed by atoms with Gasteiger partial charge in [-0.25, -0.2) is 0 Å². The van der Waals surface area contributed by atoms with Crippen molar-refractivity contribution < 1.29 is 14.3 Å². The van der Waals surface area contributed by atoms with Gasteiger partial charge in [0.15, 0.2) is 0 Å². The van der Waals surface area contributed by atoms with E-state index >= 15 is 0 Å². The monoisotopic (exact) mass is 383 g/mol. The van der Waals surface area contributed by atoms with Gasteiger partial charge in [-0.1, -0.05) is 26.0 Å². The molecule has 0 unspecified atom stereocenters. The summed E-state index contributed by atoms with van der Waals surface area (Å²) in [5, 5.41) is 8.72. The maximum Gasteiger partial charge on any atom is 0.251 e. The van der Waals surface area contributed by atoms with Crippen LogP contribution < -0.4 is 20.7 Å². The smallest absolute Gasteiger partial charge is 0.251 e. The van der Waals surface area contributed by atoms with Crippen LogP contribution in [0, 0.1) is 5.92 Å². The molecule has 2 rings (SSSR count). The van der Waals surface area contributed by atoms with Crippen LogP contribution in [0.5, 0.6) is 5.75 Å². The maximum atomic E-state index is 12.2. The van der Waals surface area contributed by atoms with E-state index in [1.54, 1.807) is 24.3 Å². The molecule has 6 heteroatoms. The molecule has 150 valence electrons. The summed E-state index contributed by atoms with van der Waals surface area (Å²) in [4.78, 5) is 24.3. The summed E-state index contributed by atoms with van der Waals surface area (Å²) in [6.45, 7) is 8.73. The molecule has 2 aromatic rings. The van der Waals surface area contributed by atoms with Gasteiger partial charge in [-0.05, 0) is 50.1 Å². The number of amides is 2. The molecule has 0 fully saturated rings. The lowest BCUT2D eigenvalue weighted by Gasteiger charge is -2.12. The van der Waals surface area contributed by atoms with Gasteiger partial charge in [-0.2, -0.15) is 0 Å². The second-order valence-electron chi connectivity index (χ2n) is 7.34. The van der Waals surface area contributed by atoms with E-state index in [4.69, 9.17) is 4.74 Å². The Morgan fingerprint density at radius 3 is 2.39 bits per heavy atom. The number of rotatable bonds is 9. The molecular formula is C22H29N3O3. The van der Waals surface area contributed by atoms with E-state index in [1.165, 1.54) is 0 Å². The minimum atomic E-state index is -0.199. The maximum absolute atomic E-state index is 12.2. The van der Waals surface area contributed by atoms with Crippen LogP contribution in [0.2, 0.25) is 0 Å². The van der Waals surface area contributed by atoms with E-state index in [-0.39, 0.29) is 24.4 Å². The fraction of sp³-hybridized carbons (Fsp3) is 0.364. The zero-order chi connectivity index (χ0) is 20.5. The Bertz CT molecular complexity index is 803. The zero-order valence-electron chi connectivity index (χ0n) is 16.9. The molecule has 0 aliphatic heterocycles. The molecule has 2 aromatic carbocycles. The highest BCUT2D eigenvalue weighted by molar-refractivity contribution is 5.98. The van der Waals surface area contributed by atoms with Crippen LogP contribution in [-0.2, 0) is 4.79 Å². The third-order valence-corrected chi connectivity index (χ3v) is 3.70. The predicted octanol–water partition coefficient (Wildman–Crippen LogP) is 3.91. The van der Waals surface area contributed by atoms with Crippen molar-refractivity contribution in [3.63, 3.8) is 0 Å². The molecule has 0 aliphatic rings. The Hall–Kier alpha value is -3.02. The summed E-state index contributed by atoms with van der Waals surface area (Å²) in [6, 6.07) is 14.4. The van der Waals surface area contributed by atoms with E-state index in [2.05, 4.69) is 29.8 Å². The average Bonchev–Trinajstić information content (AvgIpc) is 2.65. The molecular weight excluding hydrogens is 354 g/mol. The van der Waals surface area contributed by atoms with Gasteiger partial charge in [0, 0.05) is 29.0 Å². The predicted molar refractivity (Wildman–Crippen MR) is 113 cm³/mol. The van der Waals surface area contributed by atoms with E-state index in [0.717, 1.165) is 11.4 Å². The van der Waals surface area contributed by atoms with Crippen molar-refractivity contribution in [1.29, 1.82) is 0 Å². The van der Waals surface area contributed by atoms with E-state index in [1.807, 2.05) is 38.1 Å². The third kappa shape index (κ3) is 7.31. The minimum Gasteiger partial charge on any atom is -0.493 e. The Kier molecular flexibility index (Phi) is 7.87. The highest BCUT2D eigenvalue weighted by atomic mass is 16.5. The van der Waals surface area contributed by atoms with Gasteiger partial charge in [0.05, 0.1) is 13.2 Å². The van der Waals surface area contributed by atoms with Gasteiger partial charge >= 0.3 is 0 Å². The highest BCUT2D eigenvalue weighted by Gasteiger charge is 2.09. The number of nitrogens with one attached hydrogen (secondary N) is 3.